The monoisotopic (exact) mass is 306 g/mol. The molecule has 1 aliphatic rings. The molecule has 0 radical (unpaired) electrons. The molecule has 120 valence electrons. The van der Waals surface area contributed by atoms with Crippen LogP contribution in [0, 0.1) is 0 Å². The Hall–Kier alpha value is -2.24. The minimum atomic E-state index is -0.212. The number of rotatable bonds is 7. The van der Waals surface area contributed by atoms with Gasteiger partial charge in [0.25, 0.3) is 5.91 Å². The fourth-order valence-electron chi connectivity index (χ4n) is 2.31. The molecule has 22 heavy (non-hydrogen) atoms. The Kier molecular flexibility index (Phi) is 5.25. The van der Waals surface area contributed by atoms with Gasteiger partial charge < -0.3 is 19.7 Å². The van der Waals surface area contributed by atoms with E-state index in [1.807, 2.05) is 4.90 Å². The van der Waals surface area contributed by atoms with E-state index in [2.05, 4.69) is 5.32 Å². The Morgan fingerprint density at radius 2 is 1.77 bits per heavy atom. The summed E-state index contributed by atoms with van der Waals surface area (Å²) < 4.78 is 10.3. The van der Waals surface area contributed by atoms with Crippen molar-refractivity contribution in [3.8, 4) is 11.5 Å². The van der Waals surface area contributed by atoms with Gasteiger partial charge in [-0.2, -0.15) is 0 Å². The fraction of sp³-hybridized carbons (Fsp3) is 0.500. The summed E-state index contributed by atoms with van der Waals surface area (Å²) in [4.78, 5) is 25.5. The molecule has 0 spiro atoms. The third kappa shape index (κ3) is 4.13. The summed E-state index contributed by atoms with van der Waals surface area (Å²) in [5, 5.41) is 2.83. The highest BCUT2D eigenvalue weighted by Crippen LogP contribution is 2.26. The molecule has 2 amide bonds. The zero-order valence-corrected chi connectivity index (χ0v) is 13.2. The number of nitrogens with zero attached hydrogens (tertiary/aromatic N) is 1. The summed E-state index contributed by atoms with van der Waals surface area (Å²) in [6, 6.07) is 5.37. The first-order valence-electron chi connectivity index (χ1n) is 7.33. The van der Waals surface area contributed by atoms with Gasteiger partial charge in [-0.25, -0.2) is 0 Å². The van der Waals surface area contributed by atoms with E-state index in [-0.39, 0.29) is 11.8 Å². The van der Waals surface area contributed by atoms with E-state index in [1.54, 1.807) is 25.1 Å². The quantitative estimate of drug-likeness (QED) is 0.828. The van der Waals surface area contributed by atoms with E-state index in [0.717, 1.165) is 12.8 Å². The maximum Gasteiger partial charge on any atom is 0.251 e. The zero-order valence-electron chi connectivity index (χ0n) is 13.2. The van der Waals surface area contributed by atoms with Gasteiger partial charge in [0.2, 0.25) is 5.91 Å². The van der Waals surface area contributed by atoms with Crippen LogP contribution in [0.15, 0.2) is 18.2 Å². The highest BCUT2D eigenvalue weighted by Gasteiger charge is 2.30. The van der Waals surface area contributed by atoms with Crippen LogP contribution in [-0.4, -0.2) is 50.1 Å². The summed E-state index contributed by atoms with van der Waals surface area (Å²) >= 11 is 0. The molecule has 0 unspecified atom stereocenters. The van der Waals surface area contributed by atoms with E-state index in [0.29, 0.717) is 36.2 Å². The Balaban J connectivity index is 1.92. The van der Waals surface area contributed by atoms with Crippen LogP contribution in [0.4, 0.5) is 0 Å². The van der Waals surface area contributed by atoms with Gasteiger partial charge in [0, 0.05) is 37.7 Å². The van der Waals surface area contributed by atoms with Crippen LogP contribution >= 0.6 is 0 Å². The van der Waals surface area contributed by atoms with Crippen molar-refractivity contribution in [2.45, 2.75) is 25.8 Å². The average Bonchev–Trinajstić information content (AvgIpc) is 3.34. The fourth-order valence-corrected chi connectivity index (χ4v) is 2.31. The molecule has 1 N–H and O–H groups in total. The highest BCUT2D eigenvalue weighted by molar-refractivity contribution is 5.95. The third-order valence-electron chi connectivity index (χ3n) is 3.64. The van der Waals surface area contributed by atoms with Gasteiger partial charge in [-0.05, 0) is 25.0 Å². The largest absolute Gasteiger partial charge is 0.497 e. The van der Waals surface area contributed by atoms with Crippen molar-refractivity contribution in [2.75, 3.05) is 27.3 Å². The lowest BCUT2D eigenvalue weighted by Gasteiger charge is -2.20. The highest BCUT2D eigenvalue weighted by atomic mass is 16.5. The van der Waals surface area contributed by atoms with Gasteiger partial charge in [-0.15, -0.1) is 0 Å². The van der Waals surface area contributed by atoms with Gasteiger partial charge >= 0.3 is 0 Å². The number of amides is 2. The Morgan fingerprint density at radius 3 is 2.23 bits per heavy atom. The van der Waals surface area contributed by atoms with Crippen molar-refractivity contribution < 1.29 is 19.1 Å². The van der Waals surface area contributed by atoms with Gasteiger partial charge in [0.1, 0.15) is 11.5 Å². The van der Waals surface area contributed by atoms with Crippen LogP contribution in [0.25, 0.3) is 0 Å². The lowest BCUT2D eigenvalue weighted by molar-refractivity contribution is -0.129. The standard InChI is InChI=1S/C16H22N2O4/c1-11(19)18(13-4-5-13)7-6-17-16(20)12-8-14(21-2)10-15(9-12)22-3/h8-10,13H,4-7H2,1-3H3,(H,17,20). The van der Waals surface area contributed by atoms with Crippen LogP contribution < -0.4 is 14.8 Å². The second kappa shape index (κ2) is 7.15. The number of carbonyl (C=O) groups is 2. The lowest BCUT2D eigenvalue weighted by atomic mass is 10.2. The molecule has 0 bridgehead atoms. The van der Waals surface area contributed by atoms with Crippen molar-refractivity contribution >= 4 is 11.8 Å². The first kappa shape index (κ1) is 16.1. The topological polar surface area (TPSA) is 67.9 Å². The van der Waals surface area contributed by atoms with Crippen molar-refractivity contribution in [1.82, 2.24) is 10.2 Å². The Bertz CT molecular complexity index is 533. The number of nitrogens with one attached hydrogen (secondary N) is 1. The average molecular weight is 306 g/mol. The first-order chi connectivity index (χ1) is 10.5. The summed E-state index contributed by atoms with van der Waals surface area (Å²) in [5.41, 5.74) is 0.469. The van der Waals surface area contributed by atoms with Crippen LogP contribution in [0.3, 0.4) is 0 Å². The van der Waals surface area contributed by atoms with Crippen LogP contribution in [0.5, 0.6) is 11.5 Å². The number of hydrogen-bond donors (Lipinski definition) is 1. The molecule has 2 rings (SSSR count). The summed E-state index contributed by atoms with van der Waals surface area (Å²) in [6.45, 7) is 2.52. The molecule has 0 saturated heterocycles. The van der Waals surface area contributed by atoms with E-state index >= 15 is 0 Å². The normalized spacial score (nSPS) is 13.4. The zero-order chi connectivity index (χ0) is 16.1. The molecule has 1 saturated carbocycles. The molecule has 0 heterocycles. The molecule has 6 nitrogen and oxygen atoms in total. The van der Waals surface area contributed by atoms with Crippen molar-refractivity contribution in [3.63, 3.8) is 0 Å². The number of carbonyl (C=O) groups excluding carboxylic acids is 2. The molecular formula is C16H22N2O4. The van der Waals surface area contributed by atoms with E-state index in [9.17, 15) is 9.59 Å². The van der Waals surface area contributed by atoms with Crippen molar-refractivity contribution in [2.24, 2.45) is 0 Å². The van der Waals surface area contributed by atoms with Gasteiger partial charge in [0.05, 0.1) is 14.2 Å². The molecule has 0 aliphatic heterocycles. The summed E-state index contributed by atoms with van der Waals surface area (Å²) in [7, 11) is 3.08. The van der Waals surface area contributed by atoms with Gasteiger partial charge in [-0.1, -0.05) is 0 Å². The Labute approximate surface area is 130 Å². The molecule has 1 aliphatic carbocycles. The number of ether oxygens (including phenoxy) is 2. The van der Waals surface area contributed by atoms with Gasteiger partial charge in [-0.3, -0.25) is 9.59 Å². The lowest BCUT2D eigenvalue weighted by Crippen LogP contribution is -2.38. The predicted octanol–water partition coefficient (Wildman–Crippen LogP) is 1.44. The summed E-state index contributed by atoms with van der Waals surface area (Å²) in [6.07, 6.45) is 2.11. The van der Waals surface area contributed by atoms with Crippen molar-refractivity contribution in [1.29, 1.82) is 0 Å². The molecule has 0 atom stereocenters. The van der Waals surface area contributed by atoms with Crippen LogP contribution in [-0.2, 0) is 4.79 Å². The first-order valence-corrected chi connectivity index (χ1v) is 7.33. The molecular weight excluding hydrogens is 284 g/mol. The predicted molar refractivity (Wildman–Crippen MR) is 82.3 cm³/mol. The smallest absolute Gasteiger partial charge is 0.251 e. The van der Waals surface area contributed by atoms with Gasteiger partial charge in [0.15, 0.2) is 0 Å². The summed E-state index contributed by atoms with van der Waals surface area (Å²) in [5.74, 6) is 0.969. The number of methoxy groups -OCH3 is 2. The third-order valence-corrected chi connectivity index (χ3v) is 3.64. The minimum Gasteiger partial charge on any atom is -0.497 e. The van der Waals surface area contributed by atoms with Crippen LogP contribution in [0.2, 0.25) is 0 Å². The molecule has 1 aromatic carbocycles. The molecule has 1 aromatic rings. The maximum atomic E-state index is 12.2. The maximum absolute atomic E-state index is 12.2. The number of benzene rings is 1. The second-order valence-electron chi connectivity index (χ2n) is 5.30. The number of hydrogen-bond acceptors (Lipinski definition) is 4. The molecule has 6 heteroatoms. The Morgan fingerprint density at radius 1 is 1.18 bits per heavy atom. The van der Waals surface area contributed by atoms with E-state index in [4.69, 9.17) is 9.47 Å². The second-order valence-corrected chi connectivity index (χ2v) is 5.30. The molecule has 1 fully saturated rings. The van der Waals surface area contributed by atoms with E-state index < -0.39 is 0 Å². The van der Waals surface area contributed by atoms with Crippen LogP contribution in [0.1, 0.15) is 30.1 Å². The van der Waals surface area contributed by atoms with Crippen molar-refractivity contribution in [3.05, 3.63) is 23.8 Å². The van der Waals surface area contributed by atoms with E-state index in [1.165, 1.54) is 14.2 Å². The minimum absolute atomic E-state index is 0.0554. The molecule has 0 aromatic heterocycles. The SMILES string of the molecule is COc1cc(OC)cc(C(=O)NCCN(C(C)=O)C2CC2)c1.